The van der Waals surface area contributed by atoms with Gasteiger partial charge in [-0.25, -0.2) is 9.59 Å². The number of amides is 2. The van der Waals surface area contributed by atoms with E-state index in [9.17, 15) is 9.59 Å². The largest absolute Gasteiger partial charge is 0.480 e. The van der Waals surface area contributed by atoms with Crippen LogP contribution in [0.3, 0.4) is 0 Å². The number of hydrogen-bond acceptors (Lipinski definition) is 4. The van der Waals surface area contributed by atoms with Gasteiger partial charge in [0.15, 0.2) is 0 Å². The first-order chi connectivity index (χ1) is 9.11. The molecular formula is C12H21N3O3S. The Balaban J connectivity index is 1.77. The lowest BCUT2D eigenvalue weighted by Gasteiger charge is -2.22. The Bertz CT molecular complexity index is 353. The number of thioether (sulfide) groups is 1. The first-order valence-corrected chi connectivity index (χ1v) is 7.84. The second-order valence-corrected chi connectivity index (χ2v) is 6.06. The van der Waals surface area contributed by atoms with Gasteiger partial charge in [-0.05, 0) is 25.4 Å². The maximum atomic E-state index is 12.0. The van der Waals surface area contributed by atoms with E-state index in [0.29, 0.717) is 24.1 Å². The van der Waals surface area contributed by atoms with Crippen molar-refractivity contribution in [3.8, 4) is 0 Å². The highest BCUT2D eigenvalue weighted by Crippen LogP contribution is 2.21. The summed E-state index contributed by atoms with van der Waals surface area (Å²) >= 11 is 1.49. The van der Waals surface area contributed by atoms with Crippen molar-refractivity contribution in [1.82, 2.24) is 15.1 Å². The molecule has 2 amide bonds. The van der Waals surface area contributed by atoms with Gasteiger partial charge < -0.3 is 20.2 Å². The first kappa shape index (κ1) is 14.5. The van der Waals surface area contributed by atoms with Crippen LogP contribution >= 0.6 is 11.8 Å². The molecule has 0 aromatic rings. The Hall–Kier alpha value is -0.950. The van der Waals surface area contributed by atoms with Gasteiger partial charge in [0.2, 0.25) is 0 Å². The van der Waals surface area contributed by atoms with Gasteiger partial charge >= 0.3 is 12.0 Å². The summed E-state index contributed by atoms with van der Waals surface area (Å²) in [6, 6.07) is -0.923. The van der Waals surface area contributed by atoms with E-state index in [1.807, 2.05) is 0 Å². The number of likely N-dealkylation sites (tertiary alicyclic amines) is 1. The fourth-order valence-corrected chi connectivity index (χ4v) is 3.69. The van der Waals surface area contributed by atoms with Crippen LogP contribution in [0.4, 0.5) is 4.79 Å². The topological polar surface area (TPSA) is 72.9 Å². The SMILES string of the molecule is CCN1CCC(CNC(=O)N2CSC[C@H]2C(=O)O)C1. The molecule has 0 aromatic heterocycles. The third-order valence-electron chi connectivity index (χ3n) is 3.79. The number of carboxylic acid groups (broad SMARTS) is 1. The van der Waals surface area contributed by atoms with E-state index in [4.69, 9.17) is 5.11 Å². The third kappa shape index (κ3) is 3.54. The second-order valence-electron chi connectivity index (χ2n) is 5.06. The Kier molecular flexibility index (Phi) is 4.93. The minimum absolute atomic E-state index is 0.243. The maximum absolute atomic E-state index is 12.0. The summed E-state index contributed by atoms with van der Waals surface area (Å²) in [5.74, 6) is 0.519. The quantitative estimate of drug-likeness (QED) is 0.787. The number of nitrogens with one attached hydrogen (secondary N) is 1. The summed E-state index contributed by atoms with van der Waals surface area (Å²) in [5.41, 5.74) is 0. The molecule has 1 unspecified atom stereocenters. The van der Waals surface area contributed by atoms with Crippen molar-refractivity contribution in [3.05, 3.63) is 0 Å². The van der Waals surface area contributed by atoms with E-state index in [0.717, 1.165) is 26.1 Å². The highest BCUT2D eigenvalue weighted by Gasteiger charge is 2.34. The van der Waals surface area contributed by atoms with Gasteiger partial charge in [0, 0.05) is 18.8 Å². The average molecular weight is 287 g/mol. The van der Waals surface area contributed by atoms with Gasteiger partial charge in [0.1, 0.15) is 6.04 Å². The Morgan fingerprint density at radius 2 is 2.26 bits per heavy atom. The van der Waals surface area contributed by atoms with E-state index in [1.54, 1.807) is 0 Å². The van der Waals surface area contributed by atoms with E-state index >= 15 is 0 Å². The van der Waals surface area contributed by atoms with Crippen LogP contribution in [0.25, 0.3) is 0 Å². The van der Waals surface area contributed by atoms with Crippen molar-refractivity contribution in [2.75, 3.05) is 37.8 Å². The fraction of sp³-hybridized carbons (Fsp3) is 0.833. The molecule has 0 spiro atoms. The summed E-state index contributed by atoms with van der Waals surface area (Å²) in [7, 11) is 0. The van der Waals surface area contributed by atoms with E-state index in [1.165, 1.54) is 16.7 Å². The number of aliphatic carboxylic acids is 1. The highest BCUT2D eigenvalue weighted by molar-refractivity contribution is 7.99. The van der Waals surface area contributed by atoms with Gasteiger partial charge in [-0.15, -0.1) is 11.8 Å². The van der Waals surface area contributed by atoms with Crippen LogP contribution in [0.15, 0.2) is 0 Å². The molecule has 19 heavy (non-hydrogen) atoms. The van der Waals surface area contributed by atoms with Gasteiger partial charge in [-0.3, -0.25) is 0 Å². The number of carbonyl (C=O) groups is 2. The molecule has 0 aliphatic carbocycles. The zero-order valence-corrected chi connectivity index (χ0v) is 12.0. The summed E-state index contributed by atoms with van der Waals surface area (Å²) in [6.07, 6.45) is 1.10. The molecule has 2 aliphatic heterocycles. The predicted molar refractivity (Wildman–Crippen MR) is 74.2 cm³/mol. The summed E-state index contributed by atoms with van der Waals surface area (Å²) in [6.45, 7) is 5.94. The molecule has 6 nitrogen and oxygen atoms in total. The third-order valence-corrected chi connectivity index (χ3v) is 4.80. The molecule has 2 fully saturated rings. The predicted octanol–water partition coefficient (Wildman–Crippen LogP) is 0.497. The lowest BCUT2D eigenvalue weighted by Crippen LogP contribution is -2.48. The number of rotatable bonds is 4. The molecule has 0 radical (unpaired) electrons. The van der Waals surface area contributed by atoms with Crippen molar-refractivity contribution in [1.29, 1.82) is 0 Å². The lowest BCUT2D eigenvalue weighted by atomic mass is 10.1. The average Bonchev–Trinajstić information content (AvgIpc) is 3.04. The van der Waals surface area contributed by atoms with Gasteiger partial charge in [0.25, 0.3) is 0 Å². The number of nitrogens with zero attached hydrogens (tertiary/aromatic N) is 2. The lowest BCUT2D eigenvalue weighted by molar-refractivity contribution is -0.140. The normalized spacial score (nSPS) is 27.7. The van der Waals surface area contributed by atoms with Crippen molar-refractivity contribution in [2.45, 2.75) is 19.4 Å². The van der Waals surface area contributed by atoms with Gasteiger partial charge in [0.05, 0.1) is 5.88 Å². The van der Waals surface area contributed by atoms with Crippen LogP contribution in [0.5, 0.6) is 0 Å². The second kappa shape index (κ2) is 6.47. The number of carboxylic acids is 1. The molecule has 2 heterocycles. The van der Waals surface area contributed by atoms with Crippen molar-refractivity contribution < 1.29 is 14.7 Å². The summed E-state index contributed by atoms with van der Waals surface area (Å²) < 4.78 is 0. The zero-order valence-electron chi connectivity index (χ0n) is 11.2. The molecule has 2 N–H and O–H groups in total. The number of hydrogen-bond donors (Lipinski definition) is 2. The zero-order chi connectivity index (χ0) is 13.8. The molecular weight excluding hydrogens is 266 g/mol. The molecule has 7 heteroatoms. The minimum atomic E-state index is -0.918. The molecule has 2 atom stereocenters. The fourth-order valence-electron chi connectivity index (χ4n) is 2.55. The number of carbonyl (C=O) groups excluding carboxylic acids is 1. The first-order valence-electron chi connectivity index (χ1n) is 6.69. The maximum Gasteiger partial charge on any atom is 0.327 e. The molecule has 0 aromatic carbocycles. The smallest absolute Gasteiger partial charge is 0.327 e. The molecule has 108 valence electrons. The van der Waals surface area contributed by atoms with Crippen LogP contribution in [0.1, 0.15) is 13.3 Å². The molecule has 2 rings (SSSR count). The van der Waals surface area contributed by atoms with Gasteiger partial charge in [-0.1, -0.05) is 6.92 Å². The Morgan fingerprint density at radius 3 is 2.89 bits per heavy atom. The summed E-state index contributed by atoms with van der Waals surface area (Å²) in [5, 5.41) is 11.9. The molecule has 0 saturated carbocycles. The minimum Gasteiger partial charge on any atom is -0.480 e. The van der Waals surface area contributed by atoms with E-state index < -0.39 is 12.0 Å². The monoisotopic (exact) mass is 287 g/mol. The van der Waals surface area contributed by atoms with Gasteiger partial charge in [-0.2, -0.15) is 0 Å². The number of urea groups is 1. The van der Waals surface area contributed by atoms with Crippen LogP contribution in [0.2, 0.25) is 0 Å². The van der Waals surface area contributed by atoms with Crippen molar-refractivity contribution in [2.24, 2.45) is 5.92 Å². The van der Waals surface area contributed by atoms with Crippen molar-refractivity contribution >= 4 is 23.8 Å². The van der Waals surface area contributed by atoms with Crippen LogP contribution in [-0.2, 0) is 4.79 Å². The Morgan fingerprint density at radius 1 is 1.47 bits per heavy atom. The van der Waals surface area contributed by atoms with Crippen LogP contribution in [-0.4, -0.2) is 70.8 Å². The molecule has 2 saturated heterocycles. The highest BCUT2D eigenvalue weighted by atomic mass is 32.2. The standard InChI is InChI=1S/C12H21N3O3S/c1-2-14-4-3-9(6-14)5-13-12(18)15-8-19-7-10(15)11(16)17/h9-10H,2-8H2,1H3,(H,13,18)(H,16,17)/t9?,10-/m0/s1. The molecule has 0 bridgehead atoms. The van der Waals surface area contributed by atoms with E-state index in [2.05, 4.69) is 17.1 Å². The van der Waals surface area contributed by atoms with Crippen molar-refractivity contribution in [3.63, 3.8) is 0 Å². The Labute approximate surface area is 117 Å². The van der Waals surface area contributed by atoms with E-state index in [-0.39, 0.29) is 6.03 Å². The molecule has 2 aliphatic rings. The summed E-state index contributed by atoms with van der Waals surface area (Å²) in [4.78, 5) is 26.8. The van der Waals surface area contributed by atoms with Crippen LogP contribution < -0.4 is 5.32 Å². The van der Waals surface area contributed by atoms with Crippen LogP contribution in [0, 0.1) is 5.92 Å².